The molecule has 0 aliphatic carbocycles. The summed E-state index contributed by atoms with van der Waals surface area (Å²) in [6, 6.07) is 7.38. The van der Waals surface area contributed by atoms with Crippen LogP contribution in [-0.4, -0.2) is 40.7 Å². The van der Waals surface area contributed by atoms with E-state index in [1.165, 1.54) is 6.92 Å². The third kappa shape index (κ3) is 3.16. The monoisotopic (exact) mass is 394 g/mol. The molecular weight excluding hydrogens is 372 g/mol. The van der Waals surface area contributed by atoms with Crippen molar-refractivity contribution in [3.05, 3.63) is 47.3 Å². The van der Waals surface area contributed by atoms with Gasteiger partial charge in [-0.3, -0.25) is 14.7 Å². The Kier molecular flexibility index (Phi) is 4.62. The SMILES string of the molecule is COc1ccc(-c2[nH]nc3c2C(c2cc(C(C)=O)cn2C)CC(=O)N3)c(OC)c1. The number of aryl methyl sites for hydroxylation is 1. The summed E-state index contributed by atoms with van der Waals surface area (Å²) in [6.07, 6.45) is 2.05. The number of amides is 1. The molecule has 29 heavy (non-hydrogen) atoms. The minimum atomic E-state index is -0.252. The van der Waals surface area contributed by atoms with E-state index in [1.54, 1.807) is 26.5 Å². The van der Waals surface area contributed by atoms with Crippen LogP contribution in [0.5, 0.6) is 11.5 Å². The van der Waals surface area contributed by atoms with Gasteiger partial charge in [0.05, 0.1) is 19.9 Å². The lowest BCUT2D eigenvalue weighted by Crippen LogP contribution is -2.24. The maximum Gasteiger partial charge on any atom is 0.226 e. The predicted molar refractivity (Wildman–Crippen MR) is 108 cm³/mol. The van der Waals surface area contributed by atoms with Crippen LogP contribution in [0.3, 0.4) is 0 Å². The number of fused-ring (bicyclic) bond motifs is 1. The number of hydrogen-bond donors (Lipinski definition) is 2. The van der Waals surface area contributed by atoms with Gasteiger partial charge in [-0.1, -0.05) is 0 Å². The van der Waals surface area contributed by atoms with Crippen LogP contribution in [0.25, 0.3) is 11.3 Å². The van der Waals surface area contributed by atoms with Crippen LogP contribution < -0.4 is 14.8 Å². The molecule has 0 radical (unpaired) electrons. The number of carbonyl (C=O) groups is 2. The van der Waals surface area contributed by atoms with Gasteiger partial charge in [0, 0.05) is 54.0 Å². The number of ketones is 1. The Bertz CT molecular complexity index is 1110. The summed E-state index contributed by atoms with van der Waals surface area (Å²) in [5.74, 6) is 1.41. The lowest BCUT2D eigenvalue weighted by Gasteiger charge is -2.24. The zero-order valence-electron chi connectivity index (χ0n) is 16.7. The van der Waals surface area contributed by atoms with Gasteiger partial charge in [0.15, 0.2) is 11.6 Å². The number of methoxy groups -OCH3 is 2. The molecule has 1 amide bonds. The molecule has 0 saturated heterocycles. The van der Waals surface area contributed by atoms with E-state index in [0.717, 1.165) is 22.5 Å². The summed E-state index contributed by atoms with van der Waals surface area (Å²) in [6.45, 7) is 1.53. The number of Topliss-reactive ketones (excluding diaryl/α,β-unsaturated/α-hetero) is 1. The first-order valence-corrected chi connectivity index (χ1v) is 9.20. The molecule has 0 spiro atoms. The number of nitrogens with one attached hydrogen (secondary N) is 2. The molecule has 3 aromatic rings. The molecule has 1 aromatic carbocycles. The molecular formula is C21H22N4O4. The van der Waals surface area contributed by atoms with Crippen molar-refractivity contribution in [2.45, 2.75) is 19.3 Å². The highest BCUT2D eigenvalue weighted by Gasteiger charge is 2.34. The average Bonchev–Trinajstić information content (AvgIpc) is 3.30. The molecule has 1 aliphatic heterocycles. The summed E-state index contributed by atoms with van der Waals surface area (Å²) in [5.41, 5.74) is 3.92. The maximum absolute atomic E-state index is 12.3. The van der Waals surface area contributed by atoms with Crippen molar-refractivity contribution >= 4 is 17.5 Å². The Morgan fingerprint density at radius 2 is 2.03 bits per heavy atom. The van der Waals surface area contributed by atoms with E-state index in [1.807, 2.05) is 29.8 Å². The van der Waals surface area contributed by atoms with Gasteiger partial charge in [-0.15, -0.1) is 0 Å². The molecule has 1 atom stereocenters. The number of benzene rings is 1. The number of nitrogens with zero attached hydrogens (tertiary/aromatic N) is 2. The Hall–Kier alpha value is -3.55. The minimum Gasteiger partial charge on any atom is -0.497 e. The van der Waals surface area contributed by atoms with E-state index in [-0.39, 0.29) is 24.0 Å². The molecule has 3 heterocycles. The number of anilines is 1. The summed E-state index contributed by atoms with van der Waals surface area (Å²) >= 11 is 0. The largest absolute Gasteiger partial charge is 0.497 e. The third-order valence-corrected chi connectivity index (χ3v) is 5.28. The zero-order valence-corrected chi connectivity index (χ0v) is 16.7. The average molecular weight is 394 g/mol. The molecule has 4 rings (SSSR count). The number of hydrogen-bond acceptors (Lipinski definition) is 5. The molecule has 1 unspecified atom stereocenters. The highest BCUT2D eigenvalue weighted by atomic mass is 16.5. The number of aromatic nitrogens is 3. The maximum atomic E-state index is 12.3. The van der Waals surface area contributed by atoms with E-state index < -0.39 is 0 Å². The molecule has 8 heteroatoms. The van der Waals surface area contributed by atoms with Crippen molar-refractivity contribution in [2.24, 2.45) is 7.05 Å². The summed E-state index contributed by atoms with van der Waals surface area (Å²) in [4.78, 5) is 24.2. The smallest absolute Gasteiger partial charge is 0.226 e. The second-order valence-electron chi connectivity index (χ2n) is 7.05. The first kappa shape index (κ1) is 18.8. The molecule has 0 saturated carbocycles. The van der Waals surface area contributed by atoms with Gasteiger partial charge in [0.25, 0.3) is 0 Å². The van der Waals surface area contributed by atoms with Gasteiger partial charge in [0.1, 0.15) is 11.5 Å². The zero-order chi connectivity index (χ0) is 20.7. The molecule has 1 aliphatic rings. The summed E-state index contributed by atoms with van der Waals surface area (Å²) in [5, 5.41) is 10.2. The molecule has 0 bridgehead atoms. The van der Waals surface area contributed by atoms with Crippen molar-refractivity contribution in [1.29, 1.82) is 0 Å². The van der Waals surface area contributed by atoms with Gasteiger partial charge in [-0.25, -0.2) is 0 Å². The van der Waals surface area contributed by atoms with Crippen LogP contribution >= 0.6 is 0 Å². The standard InChI is InChI=1S/C21H22N4O4/c1-11(26)12-7-16(25(2)10-12)15-9-18(27)22-21-19(15)20(23-24-21)14-6-5-13(28-3)8-17(14)29-4/h5-8,10,15H,9H2,1-4H3,(H2,22,23,24,27). The summed E-state index contributed by atoms with van der Waals surface area (Å²) in [7, 11) is 5.07. The Balaban J connectivity index is 1.89. The third-order valence-electron chi connectivity index (χ3n) is 5.28. The number of ether oxygens (including phenoxy) is 2. The van der Waals surface area contributed by atoms with Crippen molar-refractivity contribution < 1.29 is 19.1 Å². The van der Waals surface area contributed by atoms with E-state index in [0.29, 0.717) is 22.9 Å². The van der Waals surface area contributed by atoms with E-state index in [2.05, 4.69) is 15.5 Å². The molecule has 8 nitrogen and oxygen atoms in total. The van der Waals surface area contributed by atoms with Crippen LogP contribution in [0.4, 0.5) is 5.82 Å². The minimum absolute atomic E-state index is 0.0171. The molecule has 2 N–H and O–H groups in total. The fraction of sp³-hybridized carbons (Fsp3) is 0.286. The van der Waals surface area contributed by atoms with Gasteiger partial charge in [-0.05, 0) is 25.1 Å². The lowest BCUT2D eigenvalue weighted by molar-refractivity contribution is -0.116. The summed E-state index contributed by atoms with van der Waals surface area (Å²) < 4.78 is 12.7. The Labute approximate surface area is 167 Å². The van der Waals surface area contributed by atoms with Crippen molar-refractivity contribution in [1.82, 2.24) is 14.8 Å². The van der Waals surface area contributed by atoms with Crippen LogP contribution in [0, 0.1) is 0 Å². The number of H-pyrrole nitrogens is 1. The quantitative estimate of drug-likeness (QED) is 0.648. The van der Waals surface area contributed by atoms with E-state index >= 15 is 0 Å². The van der Waals surface area contributed by atoms with Crippen LogP contribution in [-0.2, 0) is 11.8 Å². The fourth-order valence-corrected chi connectivity index (χ4v) is 3.84. The fourth-order valence-electron chi connectivity index (χ4n) is 3.84. The van der Waals surface area contributed by atoms with Crippen LogP contribution in [0.1, 0.15) is 40.9 Å². The van der Waals surface area contributed by atoms with E-state index in [4.69, 9.17) is 9.47 Å². The van der Waals surface area contributed by atoms with Crippen molar-refractivity contribution in [3.63, 3.8) is 0 Å². The van der Waals surface area contributed by atoms with Crippen LogP contribution in [0.2, 0.25) is 0 Å². The topological polar surface area (TPSA) is 98.2 Å². The highest BCUT2D eigenvalue weighted by Crippen LogP contribution is 2.44. The Morgan fingerprint density at radius 1 is 1.24 bits per heavy atom. The second kappa shape index (κ2) is 7.12. The van der Waals surface area contributed by atoms with E-state index in [9.17, 15) is 9.59 Å². The van der Waals surface area contributed by atoms with Gasteiger partial charge < -0.3 is 19.4 Å². The van der Waals surface area contributed by atoms with Crippen molar-refractivity contribution in [3.8, 4) is 22.8 Å². The van der Waals surface area contributed by atoms with Gasteiger partial charge in [0.2, 0.25) is 5.91 Å². The number of rotatable bonds is 5. The Morgan fingerprint density at radius 3 is 2.69 bits per heavy atom. The van der Waals surface area contributed by atoms with Gasteiger partial charge in [-0.2, -0.15) is 5.10 Å². The lowest BCUT2D eigenvalue weighted by atomic mass is 9.87. The second-order valence-corrected chi connectivity index (χ2v) is 7.05. The highest BCUT2D eigenvalue weighted by molar-refractivity contribution is 5.97. The van der Waals surface area contributed by atoms with Gasteiger partial charge >= 0.3 is 0 Å². The normalized spacial score (nSPS) is 15.6. The van der Waals surface area contributed by atoms with Crippen LogP contribution in [0.15, 0.2) is 30.5 Å². The molecule has 0 fully saturated rings. The molecule has 150 valence electrons. The number of carbonyl (C=O) groups excluding carboxylic acids is 2. The first-order valence-electron chi connectivity index (χ1n) is 9.20. The number of aromatic amines is 1. The predicted octanol–water partition coefficient (Wildman–Crippen LogP) is 3.11. The molecule has 2 aromatic heterocycles. The first-order chi connectivity index (χ1) is 13.9. The van der Waals surface area contributed by atoms with Crippen molar-refractivity contribution in [2.75, 3.05) is 19.5 Å².